The third kappa shape index (κ3) is 4.12. The number of carboxylic acid groups (broad SMARTS) is 2. The number of carboxylic acids is 2. The molecule has 0 atom stereocenters. The fourth-order valence-electron chi connectivity index (χ4n) is 0.956. The van der Waals surface area contributed by atoms with E-state index in [9.17, 15) is 19.8 Å². The van der Waals surface area contributed by atoms with Crippen molar-refractivity contribution in [3.05, 3.63) is 32.3 Å². The first-order valence-electron chi connectivity index (χ1n) is 3.46. The summed E-state index contributed by atoms with van der Waals surface area (Å²) in [5.41, 5.74) is -1.42. The zero-order valence-corrected chi connectivity index (χ0v) is 11.1. The van der Waals surface area contributed by atoms with E-state index in [4.69, 9.17) is 34.8 Å². The molecule has 0 saturated carbocycles. The Morgan fingerprint density at radius 1 is 0.941 bits per heavy atom. The van der Waals surface area contributed by atoms with E-state index < -0.39 is 28.1 Å². The Hall–Kier alpha value is 0.225. The summed E-state index contributed by atoms with van der Waals surface area (Å²) >= 11 is 16.6. The second-order valence-corrected chi connectivity index (χ2v) is 3.65. The van der Waals surface area contributed by atoms with Gasteiger partial charge in [-0.05, 0) is 6.07 Å². The van der Waals surface area contributed by atoms with Crippen LogP contribution in [0, 0.1) is 0 Å². The Kier molecular flexibility index (Phi) is 8.76. The average molecular weight is 281 g/mol. The Morgan fingerprint density at radius 3 is 1.76 bits per heavy atom. The summed E-state index contributed by atoms with van der Waals surface area (Å²) in [7, 11) is 0. The summed E-state index contributed by atoms with van der Waals surface area (Å²) in [5, 5.41) is 20.3. The van der Waals surface area contributed by atoms with Gasteiger partial charge in [-0.15, -0.1) is 0 Å². The van der Waals surface area contributed by atoms with Gasteiger partial charge in [0.1, 0.15) is 0 Å². The number of benzene rings is 1. The van der Waals surface area contributed by atoms with Crippen molar-refractivity contribution in [3.63, 3.8) is 0 Å². The molecular formula is C8HCl3Li2O4. The molecule has 0 fully saturated rings. The zero-order valence-electron chi connectivity index (χ0n) is 8.84. The molecule has 0 amide bonds. The monoisotopic (exact) mass is 280 g/mol. The molecule has 1 rings (SSSR count). The van der Waals surface area contributed by atoms with Gasteiger partial charge >= 0.3 is 37.7 Å². The Bertz CT molecular complexity index is 465. The summed E-state index contributed by atoms with van der Waals surface area (Å²) in [4.78, 5) is 21.2. The normalized spacial score (nSPS) is 8.88. The van der Waals surface area contributed by atoms with Gasteiger partial charge in [0.15, 0.2) is 0 Å². The van der Waals surface area contributed by atoms with Gasteiger partial charge in [-0.25, -0.2) is 0 Å². The van der Waals surface area contributed by atoms with Crippen molar-refractivity contribution in [2.75, 3.05) is 0 Å². The van der Waals surface area contributed by atoms with E-state index >= 15 is 0 Å². The minimum atomic E-state index is -1.77. The third-order valence-electron chi connectivity index (χ3n) is 1.59. The van der Waals surface area contributed by atoms with Crippen LogP contribution in [-0.2, 0) is 0 Å². The van der Waals surface area contributed by atoms with Crippen LogP contribution in [0.2, 0.25) is 15.1 Å². The van der Waals surface area contributed by atoms with Crippen LogP contribution < -0.4 is 47.9 Å². The number of hydrogen-bond acceptors (Lipinski definition) is 4. The standard InChI is InChI=1S/C8H3Cl3O4.2Li/c9-3-1-2(7(12)13)4(8(14)15)6(11)5(3)10;;/h1H,(H,12,13)(H,14,15);;/q;2*+1/p-2. The minimum Gasteiger partial charge on any atom is -0.545 e. The fourth-order valence-corrected chi connectivity index (χ4v) is 1.64. The van der Waals surface area contributed by atoms with Crippen LogP contribution in [0.15, 0.2) is 6.07 Å². The minimum absolute atomic E-state index is 0. The summed E-state index contributed by atoms with van der Waals surface area (Å²) < 4.78 is 0. The number of carbonyl (C=O) groups excluding carboxylic acids is 2. The second kappa shape index (κ2) is 7.61. The molecule has 0 bridgehead atoms. The SMILES string of the molecule is O=C([O-])c1cc(Cl)c(Cl)c(Cl)c1C(=O)[O-].[Li+].[Li+]. The molecule has 0 aromatic heterocycles. The molecule has 0 spiro atoms. The molecule has 1 aromatic rings. The molecule has 0 saturated heterocycles. The maximum Gasteiger partial charge on any atom is 1.00 e. The number of carbonyl (C=O) groups is 2. The van der Waals surface area contributed by atoms with Crippen LogP contribution in [0.25, 0.3) is 0 Å². The Morgan fingerprint density at radius 2 is 1.41 bits per heavy atom. The summed E-state index contributed by atoms with van der Waals surface area (Å²) in [6.45, 7) is 0. The molecule has 0 radical (unpaired) electrons. The number of aromatic carboxylic acids is 2. The molecule has 0 N–H and O–H groups in total. The quantitative estimate of drug-likeness (QED) is 0.400. The third-order valence-corrected chi connectivity index (χ3v) is 2.85. The maximum absolute atomic E-state index is 10.6. The maximum atomic E-state index is 10.6. The molecule has 4 nitrogen and oxygen atoms in total. The predicted octanol–water partition coefficient (Wildman–Crippen LogP) is -5.62. The predicted molar refractivity (Wildman–Crippen MR) is 50.1 cm³/mol. The molecule has 9 heteroatoms. The van der Waals surface area contributed by atoms with Gasteiger partial charge < -0.3 is 19.8 Å². The van der Waals surface area contributed by atoms with E-state index in [0.717, 1.165) is 6.07 Å². The topological polar surface area (TPSA) is 80.3 Å². The van der Waals surface area contributed by atoms with Crippen LogP contribution in [0.5, 0.6) is 0 Å². The van der Waals surface area contributed by atoms with Crippen molar-refractivity contribution in [1.29, 1.82) is 0 Å². The Labute approximate surface area is 136 Å². The summed E-state index contributed by atoms with van der Waals surface area (Å²) in [6.07, 6.45) is 0. The molecular weight excluding hydrogens is 280 g/mol. The van der Waals surface area contributed by atoms with Crippen LogP contribution in [-0.4, -0.2) is 11.9 Å². The second-order valence-electron chi connectivity index (χ2n) is 2.48. The molecule has 0 aliphatic rings. The van der Waals surface area contributed by atoms with E-state index in [0.29, 0.717) is 0 Å². The van der Waals surface area contributed by atoms with Gasteiger partial charge in [-0.3, -0.25) is 0 Å². The van der Waals surface area contributed by atoms with Crippen molar-refractivity contribution < 1.29 is 57.5 Å². The summed E-state index contributed by atoms with van der Waals surface area (Å²) in [5.74, 6) is -3.49. The van der Waals surface area contributed by atoms with Crippen molar-refractivity contribution >= 4 is 46.7 Å². The first-order valence-corrected chi connectivity index (χ1v) is 4.59. The van der Waals surface area contributed by atoms with Crippen LogP contribution >= 0.6 is 34.8 Å². The first-order chi connectivity index (χ1) is 6.86. The van der Waals surface area contributed by atoms with Crippen molar-refractivity contribution in [1.82, 2.24) is 0 Å². The van der Waals surface area contributed by atoms with Crippen molar-refractivity contribution in [2.24, 2.45) is 0 Å². The van der Waals surface area contributed by atoms with Crippen LogP contribution in [0.3, 0.4) is 0 Å². The average Bonchev–Trinajstić information content (AvgIpc) is 2.12. The number of halogens is 3. The van der Waals surface area contributed by atoms with E-state index in [1.807, 2.05) is 0 Å². The number of hydrogen-bond donors (Lipinski definition) is 0. The zero-order chi connectivity index (χ0) is 11.7. The molecule has 1 aromatic carbocycles. The molecule has 0 aliphatic carbocycles. The largest absolute Gasteiger partial charge is 1.00 e. The van der Waals surface area contributed by atoms with E-state index in [2.05, 4.69) is 0 Å². The van der Waals surface area contributed by atoms with Gasteiger partial charge in [0.25, 0.3) is 0 Å². The summed E-state index contributed by atoms with van der Waals surface area (Å²) in [6, 6.07) is 0.843. The Balaban J connectivity index is 0. The van der Waals surface area contributed by atoms with Crippen LogP contribution in [0.4, 0.5) is 0 Å². The van der Waals surface area contributed by atoms with Crippen molar-refractivity contribution in [3.8, 4) is 0 Å². The van der Waals surface area contributed by atoms with Gasteiger partial charge in [-0.1, -0.05) is 34.8 Å². The molecule has 80 valence electrons. The number of rotatable bonds is 2. The molecule has 0 heterocycles. The smallest absolute Gasteiger partial charge is 0.545 e. The van der Waals surface area contributed by atoms with E-state index in [-0.39, 0.29) is 47.8 Å². The molecule has 17 heavy (non-hydrogen) atoms. The van der Waals surface area contributed by atoms with Gasteiger partial charge in [0.05, 0.1) is 27.0 Å². The van der Waals surface area contributed by atoms with E-state index in [1.165, 1.54) is 0 Å². The van der Waals surface area contributed by atoms with Crippen LogP contribution in [0.1, 0.15) is 20.7 Å². The van der Waals surface area contributed by atoms with Gasteiger partial charge in [0, 0.05) is 11.1 Å². The fraction of sp³-hybridized carbons (Fsp3) is 0. The molecule has 0 unspecified atom stereocenters. The van der Waals surface area contributed by atoms with E-state index in [1.54, 1.807) is 0 Å². The van der Waals surface area contributed by atoms with Gasteiger partial charge in [-0.2, -0.15) is 0 Å². The molecule has 0 aliphatic heterocycles. The van der Waals surface area contributed by atoms with Gasteiger partial charge in [0.2, 0.25) is 0 Å². The van der Waals surface area contributed by atoms with Crippen molar-refractivity contribution in [2.45, 2.75) is 0 Å². The first kappa shape index (κ1) is 19.6.